The van der Waals surface area contributed by atoms with E-state index < -0.39 is 0 Å². The van der Waals surface area contributed by atoms with E-state index >= 15 is 0 Å². The standard InChI is InChI=1S/C12H20N2O/c1-14-8-11(15)13-12(14)6-2-3-10(7-12)9-4-5-9/h9-10H,2-8H2,1H3,(H,13,15). The summed E-state index contributed by atoms with van der Waals surface area (Å²) in [6.45, 7) is 0.595. The van der Waals surface area contributed by atoms with E-state index in [2.05, 4.69) is 17.3 Å². The van der Waals surface area contributed by atoms with Gasteiger partial charge in [-0.3, -0.25) is 9.69 Å². The zero-order valence-electron chi connectivity index (χ0n) is 9.46. The number of carbonyl (C=O) groups excluding carboxylic acids is 1. The van der Waals surface area contributed by atoms with Gasteiger partial charge in [0.15, 0.2) is 0 Å². The molecule has 2 atom stereocenters. The van der Waals surface area contributed by atoms with Crippen molar-refractivity contribution in [1.82, 2.24) is 10.2 Å². The Bertz CT molecular complexity index is 287. The molecule has 2 saturated carbocycles. The Labute approximate surface area is 91.2 Å². The molecule has 2 aliphatic carbocycles. The third kappa shape index (κ3) is 1.57. The van der Waals surface area contributed by atoms with Gasteiger partial charge < -0.3 is 5.32 Å². The van der Waals surface area contributed by atoms with Crippen LogP contribution in [0.25, 0.3) is 0 Å². The van der Waals surface area contributed by atoms with Gasteiger partial charge >= 0.3 is 0 Å². The Hall–Kier alpha value is -0.570. The van der Waals surface area contributed by atoms with Gasteiger partial charge in [0.2, 0.25) is 5.91 Å². The summed E-state index contributed by atoms with van der Waals surface area (Å²) >= 11 is 0. The number of nitrogens with one attached hydrogen (secondary N) is 1. The molecule has 0 aromatic carbocycles. The predicted octanol–water partition coefficient (Wildman–Crippen LogP) is 1.34. The van der Waals surface area contributed by atoms with Crippen molar-refractivity contribution in [2.45, 2.75) is 44.2 Å². The average Bonchev–Trinajstić information content (AvgIpc) is 2.97. The highest BCUT2D eigenvalue weighted by Crippen LogP contribution is 2.47. The second-order valence-corrected chi connectivity index (χ2v) is 5.63. The third-order valence-electron chi connectivity index (χ3n) is 4.54. The first-order valence-corrected chi connectivity index (χ1v) is 6.22. The molecule has 1 amide bonds. The second-order valence-electron chi connectivity index (χ2n) is 5.63. The maximum Gasteiger partial charge on any atom is 0.235 e. The van der Waals surface area contributed by atoms with E-state index in [1.54, 1.807) is 0 Å². The maximum atomic E-state index is 11.5. The molecule has 3 aliphatic rings. The monoisotopic (exact) mass is 208 g/mol. The highest BCUT2D eigenvalue weighted by molar-refractivity contribution is 5.81. The van der Waals surface area contributed by atoms with E-state index in [9.17, 15) is 4.79 Å². The van der Waals surface area contributed by atoms with Gasteiger partial charge in [0.25, 0.3) is 0 Å². The SMILES string of the molecule is CN1CC(=O)NC12CCCC(C1CC1)C2. The summed E-state index contributed by atoms with van der Waals surface area (Å²) in [4.78, 5) is 13.7. The summed E-state index contributed by atoms with van der Waals surface area (Å²) in [5, 5.41) is 3.22. The van der Waals surface area contributed by atoms with Crippen LogP contribution in [-0.4, -0.2) is 30.1 Å². The van der Waals surface area contributed by atoms with Gasteiger partial charge in [-0.25, -0.2) is 0 Å². The summed E-state index contributed by atoms with van der Waals surface area (Å²) in [6, 6.07) is 0. The Morgan fingerprint density at radius 3 is 2.73 bits per heavy atom. The van der Waals surface area contributed by atoms with Gasteiger partial charge in [-0.2, -0.15) is 0 Å². The van der Waals surface area contributed by atoms with Crippen LogP contribution in [0.2, 0.25) is 0 Å². The molecule has 0 radical (unpaired) electrons. The number of nitrogens with zero attached hydrogens (tertiary/aromatic N) is 1. The van der Waals surface area contributed by atoms with Crippen LogP contribution >= 0.6 is 0 Å². The molecular weight excluding hydrogens is 188 g/mol. The van der Waals surface area contributed by atoms with Crippen molar-refractivity contribution in [2.24, 2.45) is 11.8 Å². The van der Waals surface area contributed by atoms with E-state index in [0.29, 0.717) is 6.54 Å². The Morgan fingerprint density at radius 1 is 1.33 bits per heavy atom. The van der Waals surface area contributed by atoms with Gasteiger partial charge in [0.1, 0.15) is 0 Å². The lowest BCUT2D eigenvalue weighted by Gasteiger charge is -2.42. The van der Waals surface area contributed by atoms with Crippen molar-refractivity contribution < 1.29 is 4.79 Å². The Morgan fingerprint density at radius 2 is 2.13 bits per heavy atom. The third-order valence-corrected chi connectivity index (χ3v) is 4.54. The molecular formula is C12H20N2O. The first-order valence-electron chi connectivity index (χ1n) is 6.22. The lowest BCUT2D eigenvalue weighted by atomic mass is 9.78. The normalized spacial score (nSPS) is 42.2. The summed E-state index contributed by atoms with van der Waals surface area (Å²) in [6.07, 6.45) is 7.87. The summed E-state index contributed by atoms with van der Waals surface area (Å²) in [7, 11) is 2.09. The molecule has 0 aromatic heterocycles. The smallest absolute Gasteiger partial charge is 0.235 e. The van der Waals surface area contributed by atoms with E-state index in [1.165, 1.54) is 32.1 Å². The van der Waals surface area contributed by atoms with Crippen molar-refractivity contribution in [2.75, 3.05) is 13.6 Å². The molecule has 2 unspecified atom stereocenters. The minimum atomic E-state index is 0.0303. The molecule has 3 nitrogen and oxygen atoms in total. The quantitative estimate of drug-likeness (QED) is 0.705. The number of hydrogen-bond donors (Lipinski definition) is 1. The largest absolute Gasteiger partial charge is 0.337 e. The van der Waals surface area contributed by atoms with E-state index in [4.69, 9.17) is 0 Å². The van der Waals surface area contributed by atoms with Crippen LogP contribution in [-0.2, 0) is 4.79 Å². The van der Waals surface area contributed by atoms with Gasteiger partial charge in [0, 0.05) is 0 Å². The molecule has 0 aromatic rings. The average molecular weight is 208 g/mol. The lowest BCUT2D eigenvalue weighted by molar-refractivity contribution is -0.119. The minimum Gasteiger partial charge on any atom is -0.337 e. The molecule has 84 valence electrons. The molecule has 0 bridgehead atoms. The van der Waals surface area contributed by atoms with Crippen LogP contribution in [0.4, 0.5) is 0 Å². The number of carbonyl (C=O) groups is 1. The summed E-state index contributed by atoms with van der Waals surface area (Å²) < 4.78 is 0. The molecule has 1 N–H and O–H groups in total. The number of hydrogen-bond acceptors (Lipinski definition) is 2. The fourth-order valence-corrected chi connectivity index (χ4v) is 3.49. The number of rotatable bonds is 1. The van der Waals surface area contributed by atoms with Crippen LogP contribution in [0.5, 0.6) is 0 Å². The van der Waals surface area contributed by atoms with Gasteiger partial charge in [-0.05, 0) is 57.4 Å². The van der Waals surface area contributed by atoms with Crippen LogP contribution in [0, 0.1) is 11.8 Å². The number of likely N-dealkylation sites (N-methyl/N-ethyl adjacent to an activating group) is 1. The van der Waals surface area contributed by atoms with Crippen molar-refractivity contribution in [3.05, 3.63) is 0 Å². The highest BCUT2D eigenvalue weighted by Gasteiger charge is 2.48. The zero-order valence-corrected chi connectivity index (χ0v) is 9.46. The van der Waals surface area contributed by atoms with E-state index in [-0.39, 0.29) is 11.6 Å². The molecule has 3 heteroatoms. The molecule has 1 saturated heterocycles. The van der Waals surface area contributed by atoms with Crippen molar-refractivity contribution in [3.8, 4) is 0 Å². The van der Waals surface area contributed by atoms with Gasteiger partial charge in [-0.1, -0.05) is 0 Å². The predicted molar refractivity (Wildman–Crippen MR) is 58.2 cm³/mol. The van der Waals surface area contributed by atoms with Gasteiger partial charge in [0.05, 0.1) is 12.2 Å². The molecule has 3 fully saturated rings. The first-order chi connectivity index (χ1) is 7.20. The second kappa shape index (κ2) is 3.21. The minimum absolute atomic E-state index is 0.0303. The lowest BCUT2D eigenvalue weighted by Crippen LogP contribution is -2.53. The molecule has 3 rings (SSSR count). The fourth-order valence-electron chi connectivity index (χ4n) is 3.49. The van der Waals surface area contributed by atoms with Gasteiger partial charge in [-0.15, -0.1) is 0 Å². The number of amides is 1. The zero-order chi connectivity index (χ0) is 10.5. The topological polar surface area (TPSA) is 32.3 Å². The maximum absolute atomic E-state index is 11.5. The van der Waals surface area contributed by atoms with Crippen LogP contribution in [0.1, 0.15) is 38.5 Å². The van der Waals surface area contributed by atoms with E-state index in [1.807, 2.05) is 0 Å². The Balaban J connectivity index is 1.76. The van der Waals surface area contributed by atoms with Crippen molar-refractivity contribution in [1.29, 1.82) is 0 Å². The summed E-state index contributed by atoms with van der Waals surface area (Å²) in [5.41, 5.74) is 0.0303. The molecule has 15 heavy (non-hydrogen) atoms. The fraction of sp³-hybridized carbons (Fsp3) is 0.917. The highest BCUT2D eigenvalue weighted by atomic mass is 16.2. The Kier molecular flexibility index (Phi) is 2.06. The van der Waals surface area contributed by atoms with Crippen molar-refractivity contribution >= 4 is 5.91 Å². The van der Waals surface area contributed by atoms with Crippen molar-refractivity contribution in [3.63, 3.8) is 0 Å². The molecule has 1 aliphatic heterocycles. The molecule has 1 spiro atoms. The van der Waals surface area contributed by atoms with Crippen LogP contribution in [0.15, 0.2) is 0 Å². The first kappa shape index (κ1) is 9.64. The summed E-state index contributed by atoms with van der Waals surface area (Å²) in [5.74, 6) is 2.07. The van der Waals surface area contributed by atoms with E-state index in [0.717, 1.165) is 18.3 Å². The van der Waals surface area contributed by atoms with Crippen LogP contribution < -0.4 is 5.32 Å². The molecule has 1 heterocycles. The van der Waals surface area contributed by atoms with Crippen LogP contribution in [0.3, 0.4) is 0 Å².